The third-order valence-electron chi connectivity index (χ3n) is 4.10. The number of carbonyl (C=O) groups excluding carboxylic acids is 1. The Hall–Kier alpha value is -2.40. The van der Waals surface area contributed by atoms with E-state index in [-0.39, 0.29) is 12.5 Å². The van der Waals surface area contributed by atoms with Crippen LogP contribution in [0.1, 0.15) is 23.2 Å². The molecule has 1 saturated heterocycles. The van der Waals surface area contributed by atoms with Gasteiger partial charge in [0.1, 0.15) is 5.75 Å². The minimum absolute atomic E-state index is 0.00728. The van der Waals surface area contributed by atoms with Gasteiger partial charge < -0.3 is 14.7 Å². The molecule has 0 aliphatic carbocycles. The molecule has 0 bridgehead atoms. The molecule has 0 saturated carbocycles. The minimum Gasteiger partial charge on any atom is -0.439 e. The zero-order valence-corrected chi connectivity index (χ0v) is 12.9. The quantitative estimate of drug-likeness (QED) is 0.943. The summed E-state index contributed by atoms with van der Waals surface area (Å²) in [7, 11) is 0. The molecule has 5 heteroatoms. The van der Waals surface area contributed by atoms with Gasteiger partial charge in [0.15, 0.2) is 0 Å². The second-order valence-electron chi connectivity index (χ2n) is 5.72. The lowest BCUT2D eigenvalue weighted by atomic mass is 9.97. The molecular formula is C18H20N2O3. The van der Waals surface area contributed by atoms with E-state index in [0.717, 1.165) is 12.8 Å². The molecular weight excluding hydrogens is 292 g/mol. The van der Waals surface area contributed by atoms with Crippen molar-refractivity contribution in [1.29, 1.82) is 0 Å². The average molecular weight is 312 g/mol. The van der Waals surface area contributed by atoms with E-state index in [1.807, 2.05) is 29.2 Å². The Morgan fingerprint density at radius 3 is 2.74 bits per heavy atom. The van der Waals surface area contributed by atoms with Crippen molar-refractivity contribution < 1.29 is 14.6 Å². The van der Waals surface area contributed by atoms with E-state index in [4.69, 9.17) is 4.74 Å². The van der Waals surface area contributed by atoms with E-state index < -0.39 is 0 Å². The van der Waals surface area contributed by atoms with Gasteiger partial charge in [0.25, 0.3) is 5.91 Å². The van der Waals surface area contributed by atoms with Crippen molar-refractivity contribution in [3.63, 3.8) is 0 Å². The number of likely N-dealkylation sites (tertiary alicyclic amines) is 1. The number of carbonyl (C=O) groups is 1. The molecule has 2 heterocycles. The van der Waals surface area contributed by atoms with Gasteiger partial charge >= 0.3 is 0 Å². The van der Waals surface area contributed by atoms with Crippen molar-refractivity contribution in [2.75, 3.05) is 19.7 Å². The summed E-state index contributed by atoms with van der Waals surface area (Å²) in [5.41, 5.74) is 0.612. The van der Waals surface area contributed by atoms with E-state index in [1.165, 1.54) is 0 Å². The molecule has 5 nitrogen and oxygen atoms in total. The maximum absolute atomic E-state index is 12.6. The number of aromatic nitrogens is 1. The van der Waals surface area contributed by atoms with Gasteiger partial charge in [-0.05, 0) is 43.0 Å². The summed E-state index contributed by atoms with van der Waals surface area (Å²) in [6.07, 6.45) is 3.37. The van der Waals surface area contributed by atoms with Crippen molar-refractivity contribution in [1.82, 2.24) is 9.88 Å². The van der Waals surface area contributed by atoms with Gasteiger partial charge in [-0.2, -0.15) is 0 Å². The standard InChI is InChI=1S/C18H20N2O3/c21-13-14-7-10-20(11-8-14)18(22)15-4-3-5-16(12-15)23-17-6-1-2-9-19-17/h1-6,9,12,14,21H,7-8,10-11,13H2. The number of hydrogen-bond acceptors (Lipinski definition) is 4. The molecule has 0 radical (unpaired) electrons. The molecule has 1 aliphatic heterocycles. The van der Waals surface area contributed by atoms with Crippen LogP contribution < -0.4 is 4.74 Å². The van der Waals surface area contributed by atoms with E-state index in [1.54, 1.807) is 24.4 Å². The van der Waals surface area contributed by atoms with E-state index in [0.29, 0.717) is 36.2 Å². The highest BCUT2D eigenvalue weighted by atomic mass is 16.5. The predicted octanol–water partition coefficient (Wildman–Crippen LogP) is 2.72. The molecule has 0 atom stereocenters. The largest absolute Gasteiger partial charge is 0.439 e. The first kappa shape index (κ1) is 15.5. The van der Waals surface area contributed by atoms with Crippen molar-refractivity contribution in [2.45, 2.75) is 12.8 Å². The fourth-order valence-electron chi connectivity index (χ4n) is 2.72. The highest BCUT2D eigenvalue weighted by Gasteiger charge is 2.23. The highest BCUT2D eigenvalue weighted by molar-refractivity contribution is 5.94. The van der Waals surface area contributed by atoms with E-state index in [9.17, 15) is 9.90 Å². The number of benzene rings is 1. The summed E-state index contributed by atoms with van der Waals surface area (Å²) in [5, 5.41) is 9.18. The van der Waals surface area contributed by atoms with Crippen LogP contribution in [0.4, 0.5) is 0 Å². The van der Waals surface area contributed by atoms with Crippen LogP contribution in [0.5, 0.6) is 11.6 Å². The lowest BCUT2D eigenvalue weighted by molar-refractivity contribution is 0.0650. The van der Waals surface area contributed by atoms with Crippen LogP contribution in [-0.2, 0) is 0 Å². The summed E-state index contributed by atoms with van der Waals surface area (Å²) in [5.74, 6) is 1.42. The molecule has 1 N–H and O–H groups in total. The summed E-state index contributed by atoms with van der Waals surface area (Å²) in [6.45, 7) is 1.58. The maximum Gasteiger partial charge on any atom is 0.253 e. The topological polar surface area (TPSA) is 62.7 Å². The first-order valence-corrected chi connectivity index (χ1v) is 7.85. The monoisotopic (exact) mass is 312 g/mol. The Labute approximate surface area is 135 Å². The number of rotatable bonds is 4. The smallest absolute Gasteiger partial charge is 0.253 e. The van der Waals surface area contributed by atoms with Gasteiger partial charge in [0, 0.05) is 37.5 Å². The molecule has 0 unspecified atom stereocenters. The Balaban J connectivity index is 1.68. The Morgan fingerprint density at radius 2 is 2.04 bits per heavy atom. The van der Waals surface area contributed by atoms with E-state index >= 15 is 0 Å². The summed E-state index contributed by atoms with van der Waals surface area (Å²) >= 11 is 0. The van der Waals surface area contributed by atoms with Crippen LogP contribution in [0, 0.1) is 5.92 Å². The summed E-state index contributed by atoms with van der Waals surface area (Å²) < 4.78 is 5.68. The average Bonchev–Trinajstić information content (AvgIpc) is 2.62. The molecule has 1 amide bonds. The first-order chi connectivity index (χ1) is 11.3. The molecule has 23 heavy (non-hydrogen) atoms. The fraction of sp³-hybridized carbons (Fsp3) is 0.333. The molecule has 3 rings (SSSR count). The summed E-state index contributed by atoms with van der Waals surface area (Å²) in [6, 6.07) is 12.6. The zero-order valence-electron chi connectivity index (χ0n) is 12.9. The normalized spacial score (nSPS) is 15.4. The second-order valence-corrected chi connectivity index (χ2v) is 5.72. The van der Waals surface area contributed by atoms with Crippen LogP contribution >= 0.6 is 0 Å². The van der Waals surface area contributed by atoms with Crippen LogP contribution in [0.15, 0.2) is 48.7 Å². The summed E-state index contributed by atoms with van der Waals surface area (Å²) in [4.78, 5) is 18.5. The number of hydrogen-bond donors (Lipinski definition) is 1. The van der Waals surface area contributed by atoms with Gasteiger partial charge in [-0.25, -0.2) is 4.98 Å². The Bertz CT molecular complexity index is 652. The molecule has 1 aliphatic rings. The number of nitrogens with zero attached hydrogens (tertiary/aromatic N) is 2. The zero-order chi connectivity index (χ0) is 16.1. The first-order valence-electron chi connectivity index (χ1n) is 7.85. The van der Waals surface area contributed by atoms with Crippen LogP contribution in [0.2, 0.25) is 0 Å². The predicted molar refractivity (Wildman–Crippen MR) is 86.5 cm³/mol. The van der Waals surface area contributed by atoms with Gasteiger partial charge in [0.05, 0.1) is 0 Å². The van der Waals surface area contributed by atoms with Gasteiger partial charge in [-0.15, -0.1) is 0 Å². The number of ether oxygens (including phenoxy) is 1. The number of piperidine rings is 1. The van der Waals surface area contributed by atoms with E-state index in [2.05, 4.69) is 4.98 Å². The molecule has 0 spiro atoms. The molecule has 1 fully saturated rings. The lowest BCUT2D eigenvalue weighted by Crippen LogP contribution is -2.39. The Morgan fingerprint density at radius 1 is 1.22 bits per heavy atom. The number of amides is 1. The lowest BCUT2D eigenvalue weighted by Gasteiger charge is -2.31. The fourth-order valence-corrected chi connectivity index (χ4v) is 2.72. The van der Waals surface area contributed by atoms with Crippen molar-refractivity contribution in [2.24, 2.45) is 5.92 Å². The van der Waals surface area contributed by atoms with Crippen molar-refractivity contribution in [3.8, 4) is 11.6 Å². The van der Waals surface area contributed by atoms with Gasteiger partial charge in [-0.3, -0.25) is 4.79 Å². The number of aliphatic hydroxyl groups excluding tert-OH is 1. The van der Waals surface area contributed by atoms with Crippen LogP contribution in [0.3, 0.4) is 0 Å². The molecule has 120 valence electrons. The van der Waals surface area contributed by atoms with Gasteiger partial charge in [0.2, 0.25) is 5.88 Å². The molecule has 2 aromatic rings. The SMILES string of the molecule is O=C(c1cccc(Oc2ccccn2)c1)N1CCC(CO)CC1. The third-order valence-corrected chi connectivity index (χ3v) is 4.10. The van der Waals surface area contributed by atoms with Crippen LogP contribution in [0.25, 0.3) is 0 Å². The number of pyridine rings is 1. The van der Waals surface area contributed by atoms with Crippen LogP contribution in [-0.4, -0.2) is 40.6 Å². The van der Waals surface area contributed by atoms with Crippen molar-refractivity contribution >= 4 is 5.91 Å². The third kappa shape index (κ3) is 3.87. The Kier molecular flexibility index (Phi) is 4.88. The van der Waals surface area contributed by atoms with Gasteiger partial charge in [-0.1, -0.05) is 12.1 Å². The highest BCUT2D eigenvalue weighted by Crippen LogP contribution is 2.23. The molecule has 1 aromatic heterocycles. The van der Waals surface area contributed by atoms with Crippen molar-refractivity contribution in [3.05, 3.63) is 54.2 Å². The molecule has 1 aromatic carbocycles. The number of aliphatic hydroxyl groups is 1. The maximum atomic E-state index is 12.6. The second kappa shape index (κ2) is 7.24. The minimum atomic E-state index is 0.00728.